The van der Waals surface area contributed by atoms with Gasteiger partial charge < -0.3 is 26.8 Å². The second-order valence-electron chi connectivity index (χ2n) is 6.90. The van der Waals surface area contributed by atoms with Gasteiger partial charge in [-0.15, -0.1) is 0 Å². The minimum Gasteiger partial charge on any atom is -0.480 e. The van der Waals surface area contributed by atoms with Gasteiger partial charge in [-0.05, 0) is 30.3 Å². The Bertz CT molecular complexity index is 527. The molecule has 0 spiro atoms. The first kappa shape index (κ1) is 25.2. The van der Waals surface area contributed by atoms with Crippen LogP contribution in [0.15, 0.2) is 0 Å². The Morgan fingerprint density at radius 3 is 1.85 bits per heavy atom. The summed E-state index contributed by atoms with van der Waals surface area (Å²) in [6, 6.07) is -2.80. The number of amides is 3. The molecule has 0 saturated carbocycles. The number of thioether (sulfide) groups is 1. The number of hydrogen-bond acceptors (Lipinski definition) is 6. The number of carboxylic acids is 1. The lowest BCUT2D eigenvalue weighted by Gasteiger charge is -2.27. The Hall–Kier alpha value is -1.81. The van der Waals surface area contributed by atoms with Gasteiger partial charge in [0.1, 0.15) is 18.1 Å². The maximum Gasteiger partial charge on any atom is 0.326 e. The molecule has 9 nitrogen and oxygen atoms in total. The Kier molecular flexibility index (Phi) is 11.7. The lowest BCUT2D eigenvalue weighted by molar-refractivity contribution is -0.143. The van der Waals surface area contributed by atoms with E-state index >= 15 is 0 Å². The average Bonchev–Trinajstić information content (AvgIpc) is 2.59. The normalized spacial score (nSPS) is 14.4. The molecule has 0 aromatic carbocycles. The third kappa shape index (κ3) is 9.09. The van der Waals surface area contributed by atoms with Crippen molar-refractivity contribution in [3.05, 3.63) is 0 Å². The molecule has 0 aromatic rings. The van der Waals surface area contributed by atoms with Gasteiger partial charge >= 0.3 is 5.97 Å². The van der Waals surface area contributed by atoms with Crippen LogP contribution in [0.5, 0.6) is 0 Å². The molecule has 3 amide bonds. The van der Waals surface area contributed by atoms with Gasteiger partial charge in [0.2, 0.25) is 17.7 Å². The molecule has 0 radical (unpaired) electrons. The summed E-state index contributed by atoms with van der Waals surface area (Å²) in [6.07, 6.45) is 2.26. The van der Waals surface area contributed by atoms with Gasteiger partial charge in [0.05, 0.1) is 6.54 Å². The molecule has 0 fully saturated rings. The summed E-state index contributed by atoms with van der Waals surface area (Å²) in [5, 5.41) is 16.9. The summed E-state index contributed by atoms with van der Waals surface area (Å²) in [5.41, 5.74) is 5.29. The molecule has 10 heteroatoms. The zero-order chi connectivity index (χ0) is 21.1. The van der Waals surface area contributed by atoms with E-state index in [4.69, 9.17) is 5.73 Å². The average molecular weight is 405 g/mol. The van der Waals surface area contributed by atoms with E-state index in [2.05, 4.69) is 16.0 Å². The molecule has 0 aliphatic carbocycles. The monoisotopic (exact) mass is 404 g/mol. The van der Waals surface area contributed by atoms with Crippen molar-refractivity contribution in [2.45, 2.75) is 52.2 Å². The molecule has 0 bridgehead atoms. The van der Waals surface area contributed by atoms with Crippen LogP contribution in [0.4, 0.5) is 0 Å². The molecule has 3 atom stereocenters. The van der Waals surface area contributed by atoms with Gasteiger partial charge in [-0.3, -0.25) is 14.4 Å². The van der Waals surface area contributed by atoms with E-state index < -0.39 is 41.8 Å². The van der Waals surface area contributed by atoms with Crippen molar-refractivity contribution in [3.63, 3.8) is 0 Å². The quantitative estimate of drug-likeness (QED) is 0.295. The van der Waals surface area contributed by atoms with Gasteiger partial charge in [-0.25, -0.2) is 4.79 Å². The van der Waals surface area contributed by atoms with Gasteiger partial charge in [0.15, 0.2) is 0 Å². The zero-order valence-electron chi connectivity index (χ0n) is 16.6. The molecule has 156 valence electrons. The van der Waals surface area contributed by atoms with Crippen LogP contribution in [0.25, 0.3) is 0 Å². The van der Waals surface area contributed by atoms with Crippen LogP contribution in [0, 0.1) is 11.8 Å². The van der Waals surface area contributed by atoms with Crippen LogP contribution in [-0.4, -0.2) is 65.5 Å². The Labute approximate surface area is 164 Å². The van der Waals surface area contributed by atoms with Gasteiger partial charge in [0, 0.05) is 0 Å². The van der Waals surface area contributed by atoms with Crippen molar-refractivity contribution < 1.29 is 24.3 Å². The maximum absolute atomic E-state index is 12.6. The first-order valence-electron chi connectivity index (χ1n) is 8.87. The maximum atomic E-state index is 12.6. The van der Waals surface area contributed by atoms with Gasteiger partial charge in [-0.1, -0.05) is 27.7 Å². The molecular formula is C17H32N4O5S. The number of nitrogens with one attached hydrogen (secondary N) is 3. The molecule has 3 unspecified atom stereocenters. The van der Waals surface area contributed by atoms with E-state index in [-0.39, 0.29) is 18.4 Å². The third-order valence-electron chi connectivity index (χ3n) is 3.93. The number of carbonyl (C=O) groups excluding carboxylic acids is 3. The lowest BCUT2D eigenvalue weighted by Crippen LogP contribution is -2.58. The van der Waals surface area contributed by atoms with Crippen LogP contribution in [0.3, 0.4) is 0 Å². The molecule has 6 N–H and O–H groups in total. The molecule has 0 aromatic heterocycles. The number of rotatable bonds is 12. The summed E-state index contributed by atoms with van der Waals surface area (Å²) in [4.78, 5) is 48.0. The number of carbonyl (C=O) groups is 4. The first-order chi connectivity index (χ1) is 12.5. The molecule has 0 aliphatic heterocycles. The lowest BCUT2D eigenvalue weighted by atomic mass is 9.99. The van der Waals surface area contributed by atoms with E-state index in [0.717, 1.165) is 0 Å². The van der Waals surface area contributed by atoms with Crippen LogP contribution >= 0.6 is 11.8 Å². The van der Waals surface area contributed by atoms with Crippen molar-refractivity contribution in [3.8, 4) is 0 Å². The van der Waals surface area contributed by atoms with Crippen LogP contribution in [0.2, 0.25) is 0 Å². The number of carboxylic acid groups (broad SMARTS) is 1. The topological polar surface area (TPSA) is 151 Å². The molecule has 0 heterocycles. The smallest absolute Gasteiger partial charge is 0.326 e. The minimum absolute atomic E-state index is 0.244. The highest BCUT2D eigenvalue weighted by molar-refractivity contribution is 7.98. The second kappa shape index (κ2) is 12.6. The largest absolute Gasteiger partial charge is 0.480 e. The fraction of sp³-hybridized carbons (Fsp3) is 0.765. The summed E-state index contributed by atoms with van der Waals surface area (Å²) >= 11 is 1.52. The SMILES string of the molecule is CSCCC(NC(=O)CN)C(=O)NC(C(=O)NC(C(=O)O)C(C)C)C(C)C. The van der Waals surface area contributed by atoms with Gasteiger partial charge in [0.25, 0.3) is 0 Å². The van der Waals surface area contributed by atoms with Crippen LogP contribution < -0.4 is 21.7 Å². The zero-order valence-corrected chi connectivity index (χ0v) is 17.4. The van der Waals surface area contributed by atoms with E-state index in [1.165, 1.54) is 11.8 Å². The van der Waals surface area contributed by atoms with Crippen molar-refractivity contribution in [2.24, 2.45) is 17.6 Å². The fourth-order valence-corrected chi connectivity index (χ4v) is 2.77. The summed E-state index contributed by atoms with van der Waals surface area (Å²) in [6.45, 7) is 6.60. The molecule has 0 saturated heterocycles. The van der Waals surface area contributed by atoms with Crippen molar-refractivity contribution in [1.29, 1.82) is 0 Å². The highest BCUT2D eigenvalue weighted by atomic mass is 32.2. The Morgan fingerprint density at radius 2 is 1.44 bits per heavy atom. The van der Waals surface area contributed by atoms with E-state index in [1.54, 1.807) is 27.7 Å². The van der Waals surface area contributed by atoms with Gasteiger partial charge in [-0.2, -0.15) is 11.8 Å². The van der Waals surface area contributed by atoms with E-state index in [9.17, 15) is 24.3 Å². The van der Waals surface area contributed by atoms with Crippen LogP contribution in [-0.2, 0) is 19.2 Å². The minimum atomic E-state index is -1.14. The number of hydrogen-bond donors (Lipinski definition) is 5. The highest BCUT2D eigenvalue weighted by Gasteiger charge is 2.32. The molecule has 0 rings (SSSR count). The fourth-order valence-electron chi connectivity index (χ4n) is 2.30. The van der Waals surface area contributed by atoms with Crippen molar-refractivity contribution >= 4 is 35.5 Å². The highest BCUT2D eigenvalue weighted by Crippen LogP contribution is 2.08. The van der Waals surface area contributed by atoms with E-state index in [1.807, 2.05) is 6.26 Å². The first-order valence-corrected chi connectivity index (χ1v) is 10.3. The Morgan fingerprint density at radius 1 is 0.926 bits per heavy atom. The van der Waals surface area contributed by atoms with E-state index in [0.29, 0.717) is 12.2 Å². The summed E-state index contributed by atoms with van der Waals surface area (Å²) in [5.74, 6) is -2.64. The predicted octanol–water partition coefficient (Wildman–Crippen LogP) is -0.451. The predicted molar refractivity (Wildman–Crippen MR) is 105 cm³/mol. The number of nitrogens with two attached hydrogens (primary N) is 1. The van der Waals surface area contributed by atoms with Crippen LogP contribution in [0.1, 0.15) is 34.1 Å². The Balaban J connectivity index is 5.22. The standard InChI is InChI=1S/C17H32N4O5S/c1-9(2)13(16(24)21-14(10(3)4)17(25)26)20-15(23)11(6-7-27-5)19-12(22)8-18/h9-11,13-14H,6-8,18H2,1-5H3,(H,19,22)(H,20,23)(H,21,24)(H,25,26). The third-order valence-corrected chi connectivity index (χ3v) is 4.57. The summed E-state index contributed by atoms with van der Waals surface area (Å²) in [7, 11) is 0. The van der Waals surface area contributed by atoms with Crippen molar-refractivity contribution in [1.82, 2.24) is 16.0 Å². The molecule has 0 aliphatic rings. The van der Waals surface area contributed by atoms with Crippen molar-refractivity contribution in [2.75, 3.05) is 18.6 Å². The second-order valence-corrected chi connectivity index (χ2v) is 7.89. The summed E-state index contributed by atoms with van der Waals surface area (Å²) < 4.78 is 0. The number of aliphatic carboxylic acids is 1. The molecule has 27 heavy (non-hydrogen) atoms. The molecular weight excluding hydrogens is 372 g/mol.